The minimum absolute atomic E-state index is 0. The van der Waals surface area contributed by atoms with E-state index in [9.17, 15) is 4.79 Å². The van der Waals surface area contributed by atoms with Crippen LogP contribution in [0.3, 0.4) is 0 Å². The van der Waals surface area contributed by atoms with Crippen LogP contribution in [0.15, 0.2) is 18.2 Å². The minimum Gasteiger partial charge on any atom is -1.00 e. The topological polar surface area (TPSA) is 29.5 Å². The summed E-state index contributed by atoms with van der Waals surface area (Å²) >= 11 is 0. The number of rotatable bonds is 3. The molecule has 1 aromatic rings. The van der Waals surface area contributed by atoms with Crippen molar-refractivity contribution >= 4 is 11.8 Å². The Balaban J connectivity index is 0.00000441. The van der Waals surface area contributed by atoms with Crippen LogP contribution in [0.2, 0.25) is 0 Å². The molecule has 0 aliphatic heterocycles. The van der Waals surface area contributed by atoms with Crippen molar-refractivity contribution in [3.63, 3.8) is 0 Å². The zero-order valence-corrected chi connectivity index (χ0v) is 17.2. The Morgan fingerprint density at radius 2 is 1.73 bits per heavy atom. The summed E-state index contributed by atoms with van der Waals surface area (Å²) in [5.41, 5.74) is 2.37. The minimum atomic E-state index is -0.349. The number of hydrogen-bond acceptors (Lipinski definition) is 2. The number of nitrogens with zero attached hydrogens (tertiary/aromatic N) is 2. The van der Waals surface area contributed by atoms with Gasteiger partial charge < -0.3 is 33.6 Å². The maximum atomic E-state index is 11.9. The van der Waals surface area contributed by atoms with Gasteiger partial charge in [0, 0.05) is 20.2 Å². The molecule has 0 saturated heterocycles. The lowest BCUT2D eigenvalue weighted by Gasteiger charge is -2.27. The summed E-state index contributed by atoms with van der Waals surface area (Å²) in [6.45, 7) is 6.60. The zero-order chi connectivity index (χ0) is 16.4. The molecule has 0 saturated carbocycles. The number of benzene rings is 1. The number of halogens is 1. The van der Waals surface area contributed by atoms with Gasteiger partial charge in [-0.2, -0.15) is 0 Å². The lowest BCUT2D eigenvalue weighted by Crippen LogP contribution is -3.00. The van der Waals surface area contributed by atoms with Gasteiger partial charge in [0.15, 0.2) is 11.4 Å². The highest BCUT2D eigenvalue weighted by Gasteiger charge is 2.23. The van der Waals surface area contributed by atoms with E-state index >= 15 is 0 Å². The number of carbonyl (C=O) groups excluding carboxylic acids is 1. The average Bonchev–Trinajstić information content (AvgIpc) is 2.24. The van der Waals surface area contributed by atoms with Crippen LogP contribution in [0.25, 0.3) is 0 Å². The molecule has 0 unspecified atom stereocenters. The van der Waals surface area contributed by atoms with Crippen LogP contribution in [0.1, 0.15) is 26.3 Å². The van der Waals surface area contributed by atoms with Crippen LogP contribution in [-0.2, 0) is 6.42 Å². The van der Waals surface area contributed by atoms with Crippen molar-refractivity contribution in [1.82, 2.24) is 9.38 Å². The van der Waals surface area contributed by atoms with Gasteiger partial charge in [-0.15, -0.1) is 0 Å². The molecule has 1 amide bonds. The first kappa shape index (κ1) is 21.2. The lowest BCUT2D eigenvalue weighted by molar-refractivity contribution is -0.0000108. The van der Waals surface area contributed by atoms with Gasteiger partial charge >= 0.3 is 6.09 Å². The van der Waals surface area contributed by atoms with Crippen molar-refractivity contribution in [3.8, 4) is 5.75 Å². The summed E-state index contributed by atoms with van der Waals surface area (Å²) in [6, 6.07) is 6.17. The lowest BCUT2D eigenvalue weighted by atomic mass is 9.88. The zero-order valence-electron chi connectivity index (χ0n) is 15.0. The third-order valence-electron chi connectivity index (χ3n) is 3.04. The first-order chi connectivity index (χ1) is 9.40. The Bertz CT molecular complexity index is 514. The fourth-order valence-electron chi connectivity index (χ4n) is 2.10. The smallest absolute Gasteiger partial charge is 0.414 e. The molecule has 1 rings (SSSR count). The molecule has 0 N–H and O–H groups in total. The maximum Gasteiger partial charge on any atom is 0.414 e. The van der Waals surface area contributed by atoms with Gasteiger partial charge in [-0.3, -0.25) is 4.48 Å². The van der Waals surface area contributed by atoms with Crippen LogP contribution in [0.4, 0.5) is 10.5 Å². The molecule has 0 radical (unpaired) electrons. The molecule has 22 heavy (non-hydrogen) atoms. The van der Waals surface area contributed by atoms with Crippen LogP contribution in [-0.4, -0.2) is 46.2 Å². The van der Waals surface area contributed by atoms with Crippen LogP contribution in [0.5, 0.6) is 5.75 Å². The first-order valence-corrected chi connectivity index (χ1v) is 7.24. The van der Waals surface area contributed by atoms with Gasteiger partial charge in [0.1, 0.15) is 0 Å². The highest BCUT2D eigenvalue weighted by molar-refractivity contribution is 5.73. The summed E-state index contributed by atoms with van der Waals surface area (Å²) in [4.78, 5) is 13.3. The van der Waals surface area contributed by atoms with Crippen LogP contribution < -0.4 is 33.2 Å². The molecule has 0 atom stereocenters. The quantitative estimate of drug-likeness (QED) is 0.528. The fraction of sp³-hybridized carbons (Fsp3) is 0.588. The summed E-state index contributed by atoms with van der Waals surface area (Å²) in [6.07, 6.45) is 0.592. The molecule has 5 heteroatoms. The van der Waals surface area contributed by atoms with E-state index < -0.39 is 0 Å². The highest BCUT2D eigenvalue weighted by atomic mass is 127. The van der Waals surface area contributed by atoms with E-state index in [-0.39, 0.29) is 35.5 Å². The standard InChI is InChI=1S/C17H29N2O2.HI/c1-17(2,3)12-13-9-10-14(19(6,7)8)15(11-13)21-16(20)18(4)5;/h9-11H,12H2,1-8H3;1H/q+1;/p-1. The normalized spacial score (nSPS) is 11.6. The Morgan fingerprint density at radius 3 is 2.14 bits per heavy atom. The summed E-state index contributed by atoms with van der Waals surface area (Å²) < 4.78 is 6.16. The molecule has 0 aliphatic rings. The average molecular weight is 420 g/mol. The fourth-order valence-corrected chi connectivity index (χ4v) is 2.10. The molecule has 0 bridgehead atoms. The molecule has 126 valence electrons. The molecule has 0 fully saturated rings. The Hall–Kier alpha value is -0.820. The molecule has 0 spiro atoms. The Morgan fingerprint density at radius 1 is 1.18 bits per heavy atom. The Labute approximate surface area is 152 Å². The van der Waals surface area contributed by atoms with Crippen molar-refractivity contribution in [2.24, 2.45) is 5.41 Å². The Kier molecular flexibility index (Phi) is 7.35. The second kappa shape index (κ2) is 7.64. The molecule has 0 heterocycles. The molecular formula is C17H29IN2O2. The maximum absolute atomic E-state index is 11.9. The molecule has 0 aliphatic carbocycles. The van der Waals surface area contributed by atoms with Crippen molar-refractivity contribution in [2.45, 2.75) is 27.2 Å². The molecule has 1 aromatic carbocycles. The van der Waals surface area contributed by atoms with Crippen molar-refractivity contribution in [3.05, 3.63) is 23.8 Å². The third kappa shape index (κ3) is 6.52. The first-order valence-electron chi connectivity index (χ1n) is 7.24. The number of quaternary nitrogens is 1. The second-order valence-electron chi connectivity index (χ2n) is 7.81. The van der Waals surface area contributed by atoms with Crippen LogP contribution >= 0.6 is 0 Å². The van der Waals surface area contributed by atoms with Gasteiger partial charge in [0.05, 0.1) is 21.1 Å². The van der Waals surface area contributed by atoms with Gasteiger partial charge in [-0.1, -0.05) is 26.8 Å². The van der Waals surface area contributed by atoms with Gasteiger partial charge in [-0.25, -0.2) is 4.79 Å². The van der Waals surface area contributed by atoms with Crippen molar-refractivity contribution < 1.29 is 33.5 Å². The number of carbonyl (C=O) groups is 1. The second-order valence-corrected chi connectivity index (χ2v) is 7.81. The molecule has 4 nitrogen and oxygen atoms in total. The number of hydrogen-bond donors (Lipinski definition) is 0. The van der Waals surface area contributed by atoms with E-state index in [4.69, 9.17) is 4.74 Å². The van der Waals surface area contributed by atoms with Gasteiger partial charge in [0.25, 0.3) is 0 Å². The summed E-state index contributed by atoms with van der Waals surface area (Å²) in [7, 11) is 9.56. The predicted molar refractivity (Wildman–Crippen MR) is 88.9 cm³/mol. The SMILES string of the molecule is CN(C)C(=O)Oc1cc(CC(C)(C)C)ccc1[N+](C)(C)C.[I-]. The highest BCUT2D eigenvalue weighted by Crippen LogP contribution is 2.33. The van der Waals surface area contributed by atoms with Crippen LogP contribution in [0, 0.1) is 5.41 Å². The van der Waals surface area contributed by atoms with E-state index in [1.54, 1.807) is 14.1 Å². The van der Waals surface area contributed by atoms with E-state index in [1.807, 2.05) is 6.07 Å². The van der Waals surface area contributed by atoms with E-state index in [2.05, 4.69) is 54.0 Å². The third-order valence-corrected chi connectivity index (χ3v) is 3.04. The van der Waals surface area contributed by atoms with E-state index in [1.165, 1.54) is 10.5 Å². The van der Waals surface area contributed by atoms with Gasteiger partial charge in [-0.05, 0) is 23.5 Å². The molecule has 0 aromatic heterocycles. The van der Waals surface area contributed by atoms with Crippen molar-refractivity contribution in [2.75, 3.05) is 35.2 Å². The number of amides is 1. The van der Waals surface area contributed by atoms with Crippen molar-refractivity contribution in [1.29, 1.82) is 0 Å². The van der Waals surface area contributed by atoms with E-state index in [0.29, 0.717) is 10.2 Å². The largest absolute Gasteiger partial charge is 1.00 e. The summed E-state index contributed by atoms with van der Waals surface area (Å²) in [5.74, 6) is 0.642. The van der Waals surface area contributed by atoms with Gasteiger partial charge in [0.2, 0.25) is 0 Å². The predicted octanol–water partition coefficient (Wildman–Crippen LogP) is 0.536. The summed E-state index contributed by atoms with van der Waals surface area (Å²) in [5, 5.41) is 0. The monoisotopic (exact) mass is 420 g/mol. The molecular weight excluding hydrogens is 391 g/mol. The number of ether oxygens (including phenoxy) is 1. The van der Waals surface area contributed by atoms with E-state index in [0.717, 1.165) is 12.1 Å².